The lowest BCUT2D eigenvalue weighted by molar-refractivity contribution is 0.0950. The number of aryl methyl sites for hydroxylation is 1. The number of benzene rings is 2. The van der Waals surface area contributed by atoms with Crippen LogP contribution in [0.5, 0.6) is 11.5 Å². The molecule has 1 saturated heterocycles. The molecule has 1 heterocycles. The summed E-state index contributed by atoms with van der Waals surface area (Å²) in [6.07, 6.45) is 4.24. The van der Waals surface area contributed by atoms with E-state index in [4.69, 9.17) is 9.47 Å². The van der Waals surface area contributed by atoms with Gasteiger partial charge in [0.1, 0.15) is 11.5 Å². The lowest BCUT2D eigenvalue weighted by Crippen LogP contribution is -2.35. The summed E-state index contributed by atoms with van der Waals surface area (Å²) in [7, 11) is -2.16. The predicted molar refractivity (Wildman–Crippen MR) is 124 cm³/mol. The summed E-state index contributed by atoms with van der Waals surface area (Å²) < 4.78 is 38.5. The number of hydrogen-bond donors (Lipinski definition) is 1. The van der Waals surface area contributed by atoms with Gasteiger partial charge in [0.05, 0.1) is 24.2 Å². The fourth-order valence-corrected chi connectivity index (χ4v) is 5.41. The number of rotatable bonds is 10. The fourth-order valence-electron chi connectivity index (χ4n) is 3.86. The molecule has 2 aromatic rings. The van der Waals surface area contributed by atoms with Crippen molar-refractivity contribution in [2.24, 2.45) is 0 Å². The van der Waals surface area contributed by atoms with Gasteiger partial charge < -0.3 is 14.8 Å². The van der Waals surface area contributed by atoms with E-state index in [2.05, 4.69) is 5.32 Å². The third-order valence-corrected chi connectivity index (χ3v) is 7.44. The average Bonchev–Trinajstić information content (AvgIpc) is 2.83. The standard InChI is InChI=1S/C24H32N2O5S/c1-3-31-22-12-6-5-10-19(22)11-9-15-25-24(27)21-18-20(13-14-23(21)30-2)32(28,29)26-16-7-4-8-17-26/h5-6,10,12-14,18H,3-4,7-9,11,15-17H2,1-2H3,(H,25,27). The molecule has 2 aromatic carbocycles. The molecule has 32 heavy (non-hydrogen) atoms. The van der Waals surface area contributed by atoms with E-state index in [-0.39, 0.29) is 16.4 Å². The maximum absolute atomic E-state index is 13.0. The van der Waals surface area contributed by atoms with E-state index in [9.17, 15) is 13.2 Å². The Bertz CT molecular complexity index is 1020. The maximum atomic E-state index is 13.0. The molecule has 7 nitrogen and oxygen atoms in total. The Hall–Kier alpha value is -2.58. The van der Waals surface area contributed by atoms with E-state index >= 15 is 0 Å². The maximum Gasteiger partial charge on any atom is 0.255 e. The van der Waals surface area contributed by atoms with E-state index in [1.165, 1.54) is 23.5 Å². The van der Waals surface area contributed by atoms with Crippen LogP contribution in [0, 0.1) is 0 Å². The van der Waals surface area contributed by atoms with Gasteiger partial charge in [0.25, 0.3) is 5.91 Å². The Morgan fingerprint density at radius 1 is 1.06 bits per heavy atom. The van der Waals surface area contributed by atoms with Gasteiger partial charge in [-0.05, 0) is 62.4 Å². The zero-order valence-corrected chi connectivity index (χ0v) is 19.6. The monoisotopic (exact) mass is 460 g/mol. The van der Waals surface area contributed by atoms with Crippen LogP contribution in [0.2, 0.25) is 0 Å². The summed E-state index contributed by atoms with van der Waals surface area (Å²) >= 11 is 0. The van der Waals surface area contributed by atoms with Crippen LogP contribution >= 0.6 is 0 Å². The molecule has 0 saturated carbocycles. The van der Waals surface area contributed by atoms with Gasteiger partial charge in [0.15, 0.2) is 0 Å². The summed E-state index contributed by atoms with van der Waals surface area (Å²) in [5, 5.41) is 2.89. The first-order valence-electron chi connectivity index (χ1n) is 11.1. The van der Waals surface area contributed by atoms with Gasteiger partial charge in [0.2, 0.25) is 10.0 Å². The van der Waals surface area contributed by atoms with Crippen molar-refractivity contribution in [3.05, 3.63) is 53.6 Å². The molecule has 1 amide bonds. The first kappa shape index (κ1) is 24.1. The number of methoxy groups -OCH3 is 1. The zero-order valence-electron chi connectivity index (χ0n) is 18.8. The number of nitrogens with zero attached hydrogens (tertiary/aromatic N) is 1. The molecule has 0 unspecified atom stereocenters. The molecule has 174 valence electrons. The van der Waals surface area contributed by atoms with Gasteiger partial charge in [-0.1, -0.05) is 24.6 Å². The number of para-hydroxylation sites is 1. The molecular formula is C24H32N2O5S. The molecule has 0 radical (unpaired) electrons. The van der Waals surface area contributed by atoms with Gasteiger partial charge in [-0.2, -0.15) is 4.31 Å². The van der Waals surface area contributed by atoms with Crippen LogP contribution in [0.4, 0.5) is 0 Å². The van der Waals surface area contributed by atoms with Crippen LogP contribution in [-0.2, 0) is 16.4 Å². The molecule has 0 aromatic heterocycles. The van der Waals surface area contributed by atoms with Gasteiger partial charge in [-0.15, -0.1) is 0 Å². The SMILES string of the molecule is CCOc1ccccc1CCCNC(=O)c1cc(S(=O)(=O)N2CCCCC2)ccc1OC. The third-order valence-electron chi connectivity index (χ3n) is 5.55. The van der Waals surface area contributed by atoms with Crippen molar-refractivity contribution in [1.82, 2.24) is 9.62 Å². The van der Waals surface area contributed by atoms with Crippen LogP contribution in [0.15, 0.2) is 47.4 Å². The highest BCUT2D eigenvalue weighted by Crippen LogP contribution is 2.26. The molecule has 3 rings (SSSR count). The minimum Gasteiger partial charge on any atom is -0.496 e. The molecule has 0 aliphatic carbocycles. The quantitative estimate of drug-likeness (QED) is 0.547. The number of amides is 1. The topological polar surface area (TPSA) is 84.9 Å². The summed E-state index contributed by atoms with van der Waals surface area (Å²) in [4.78, 5) is 13.0. The molecule has 0 bridgehead atoms. The number of carbonyl (C=O) groups is 1. The van der Waals surface area contributed by atoms with Gasteiger partial charge >= 0.3 is 0 Å². The van der Waals surface area contributed by atoms with E-state index in [0.29, 0.717) is 32.0 Å². The minimum absolute atomic E-state index is 0.121. The summed E-state index contributed by atoms with van der Waals surface area (Å²) in [6.45, 7) is 4.03. The first-order valence-corrected chi connectivity index (χ1v) is 12.6. The van der Waals surface area contributed by atoms with Gasteiger partial charge in [0, 0.05) is 19.6 Å². The van der Waals surface area contributed by atoms with Crippen molar-refractivity contribution in [1.29, 1.82) is 0 Å². The lowest BCUT2D eigenvalue weighted by Gasteiger charge is -2.26. The van der Waals surface area contributed by atoms with E-state index in [0.717, 1.165) is 43.4 Å². The van der Waals surface area contributed by atoms with Crippen molar-refractivity contribution < 1.29 is 22.7 Å². The smallest absolute Gasteiger partial charge is 0.255 e. The summed E-state index contributed by atoms with van der Waals surface area (Å²) in [6, 6.07) is 12.3. The molecular weight excluding hydrogens is 428 g/mol. The van der Waals surface area contributed by atoms with E-state index < -0.39 is 10.0 Å². The van der Waals surface area contributed by atoms with E-state index in [1.54, 1.807) is 6.07 Å². The number of carbonyl (C=O) groups excluding carboxylic acids is 1. The number of ether oxygens (including phenoxy) is 2. The van der Waals surface area contributed by atoms with Crippen LogP contribution < -0.4 is 14.8 Å². The Balaban J connectivity index is 1.66. The largest absolute Gasteiger partial charge is 0.496 e. The number of sulfonamides is 1. The van der Waals surface area contributed by atoms with Gasteiger partial charge in [-0.3, -0.25) is 4.79 Å². The zero-order chi connectivity index (χ0) is 23.0. The second-order valence-corrected chi connectivity index (χ2v) is 9.66. The van der Waals surface area contributed by atoms with Crippen molar-refractivity contribution >= 4 is 15.9 Å². The van der Waals surface area contributed by atoms with Crippen molar-refractivity contribution in [3.8, 4) is 11.5 Å². The van der Waals surface area contributed by atoms with Crippen LogP contribution in [0.1, 0.15) is 48.5 Å². The highest BCUT2D eigenvalue weighted by molar-refractivity contribution is 7.89. The fraction of sp³-hybridized carbons (Fsp3) is 0.458. The summed E-state index contributed by atoms with van der Waals surface area (Å²) in [5.74, 6) is 0.857. The lowest BCUT2D eigenvalue weighted by atomic mass is 10.1. The Kier molecular flexibility index (Phi) is 8.53. The number of hydrogen-bond acceptors (Lipinski definition) is 5. The average molecular weight is 461 g/mol. The predicted octanol–water partition coefficient (Wildman–Crippen LogP) is 3.63. The van der Waals surface area contributed by atoms with E-state index in [1.807, 2.05) is 31.2 Å². The molecule has 0 atom stereocenters. The molecule has 1 fully saturated rings. The third kappa shape index (κ3) is 5.81. The highest BCUT2D eigenvalue weighted by atomic mass is 32.2. The van der Waals surface area contributed by atoms with Crippen molar-refractivity contribution in [3.63, 3.8) is 0 Å². The van der Waals surface area contributed by atoms with Crippen molar-refractivity contribution in [2.75, 3.05) is 33.4 Å². The molecule has 1 aliphatic rings. The van der Waals surface area contributed by atoms with Gasteiger partial charge in [-0.25, -0.2) is 8.42 Å². The first-order chi connectivity index (χ1) is 15.5. The molecule has 0 spiro atoms. The highest BCUT2D eigenvalue weighted by Gasteiger charge is 2.27. The molecule has 1 aliphatic heterocycles. The Labute approximate surface area is 190 Å². The Morgan fingerprint density at radius 3 is 2.53 bits per heavy atom. The molecule has 1 N–H and O–H groups in total. The number of piperidine rings is 1. The second-order valence-electron chi connectivity index (χ2n) is 7.73. The minimum atomic E-state index is -3.63. The number of nitrogens with one attached hydrogen (secondary N) is 1. The molecule has 8 heteroatoms. The van der Waals surface area contributed by atoms with Crippen LogP contribution in [-0.4, -0.2) is 52.0 Å². The normalized spacial score (nSPS) is 14.7. The van der Waals surface area contributed by atoms with Crippen LogP contribution in [0.3, 0.4) is 0 Å². The second kappa shape index (κ2) is 11.3. The van der Waals surface area contributed by atoms with Crippen molar-refractivity contribution in [2.45, 2.75) is 43.9 Å². The summed E-state index contributed by atoms with van der Waals surface area (Å²) in [5.41, 5.74) is 1.32. The van der Waals surface area contributed by atoms with Crippen LogP contribution in [0.25, 0.3) is 0 Å². The Morgan fingerprint density at radius 2 is 1.81 bits per heavy atom.